The lowest BCUT2D eigenvalue weighted by molar-refractivity contribution is -0.120. The number of benzene rings is 1. The number of carbonyl (C=O) groups is 1. The molecule has 1 saturated heterocycles. The summed E-state index contributed by atoms with van der Waals surface area (Å²) in [6, 6.07) is 13.4. The number of methoxy groups -OCH3 is 2. The van der Waals surface area contributed by atoms with E-state index in [9.17, 15) is 4.79 Å². The number of aryl methyl sites for hydroxylation is 2. The van der Waals surface area contributed by atoms with E-state index >= 15 is 0 Å². The summed E-state index contributed by atoms with van der Waals surface area (Å²) in [5.74, 6) is 2.88. The van der Waals surface area contributed by atoms with Crippen molar-refractivity contribution < 1.29 is 14.3 Å². The zero-order valence-corrected chi connectivity index (χ0v) is 21.0. The van der Waals surface area contributed by atoms with E-state index in [0.29, 0.717) is 17.3 Å². The highest BCUT2D eigenvalue weighted by atomic mass is 16.5. The normalized spacial score (nSPS) is 14.2. The SMILES string of the molecule is COc1ccc(-c2c(C)nn3c(N4CCC(C(=O)Nc5ccccn5)CC4)cc(C)nc23)cc1OC. The minimum absolute atomic E-state index is 0.0232. The first-order chi connectivity index (χ1) is 17.5. The summed E-state index contributed by atoms with van der Waals surface area (Å²) >= 11 is 0. The van der Waals surface area contributed by atoms with Crippen LogP contribution in [0.3, 0.4) is 0 Å². The molecule has 1 amide bonds. The van der Waals surface area contributed by atoms with Gasteiger partial charge in [-0.15, -0.1) is 0 Å². The van der Waals surface area contributed by atoms with Crippen molar-refractivity contribution in [1.82, 2.24) is 19.6 Å². The predicted octanol–water partition coefficient (Wildman–Crippen LogP) is 4.28. The summed E-state index contributed by atoms with van der Waals surface area (Å²) in [6.07, 6.45) is 3.19. The van der Waals surface area contributed by atoms with Crippen molar-refractivity contribution in [2.24, 2.45) is 5.92 Å². The highest BCUT2D eigenvalue weighted by Crippen LogP contribution is 2.36. The second kappa shape index (κ2) is 9.85. The molecule has 0 atom stereocenters. The third kappa shape index (κ3) is 4.44. The van der Waals surface area contributed by atoms with Crippen LogP contribution in [0.4, 0.5) is 11.6 Å². The number of amides is 1. The topological polar surface area (TPSA) is 93.9 Å². The van der Waals surface area contributed by atoms with Gasteiger partial charge in [-0.05, 0) is 56.5 Å². The molecule has 5 rings (SSSR count). The van der Waals surface area contributed by atoms with E-state index in [1.165, 1.54) is 0 Å². The fourth-order valence-electron chi connectivity index (χ4n) is 4.82. The number of pyridine rings is 1. The zero-order chi connectivity index (χ0) is 25.2. The molecule has 0 bridgehead atoms. The molecule has 1 N–H and O–H groups in total. The van der Waals surface area contributed by atoms with Crippen LogP contribution in [0.1, 0.15) is 24.2 Å². The minimum Gasteiger partial charge on any atom is -0.493 e. The second-order valence-corrected chi connectivity index (χ2v) is 8.99. The predicted molar refractivity (Wildman–Crippen MR) is 139 cm³/mol. The molecule has 9 heteroatoms. The van der Waals surface area contributed by atoms with Gasteiger partial charge in [0.15, 0.2) is 17.1 Å². The molecule has 9 nitrogen and oxygen atoms in total. The van der Waals surface area contributed by atoms with Crippen molar-refractivity contribution in [3.05, 3.63) is 60.0 Å². The summed E-state index contributed by atoms with van der Waals surface area (Å²) < 4.78 is 12.8. The molecule has 1 aliphatic rings. The van der Waals surface area contributed by atoms with Gasteiger partial charge in [0.1, 0.15) is 11.6 Å². The van der Waals surface area contributed by atoms with Gasteiger partial charge in [-0.25, -0.2) is 9.97 Å². The maximum absolute atomic E-state index is 12.8. The number of aromatic nitrogens is 4. The van der Waals surface area contributed by atoms with Gasteiger partial charge in [-0.3, -0.25) is 4.79 Å². The summed E-state index contributed by atoms with van der Waals surface area (Å²) in [4.78, 5) is 24.1. The Morgan fingerprint density at radius 1 is 1.03 bits per heavy atom. The van der Waals surface area contributed by atoms with Crippen LogP contribution in [0.5, 0.6) is 11.5 Å². The maximum Gasteiger partial charge on any atom is 0.228 e. The molecule has 0 unspecified atom stereocenters. The Balaban J connectivity index is 1.41. The number of anilines is 2. The molecule has 186 valence electrons. The number of nitrogens with zero attached hydrogens (tertiary/aromatic N) is 5. The van der Waals surface area contributed by atoms with Crippen molar-refractivity contribution in [2.45, 2.75) is 26.7 Å². The Kier molecular flexibility index (Phi) is 6.45. The highest BCUT2D eigenvalue weighted by molar-refractivity contribution is 5.91. The Morgan fingerprint density at radius 3 is 2.50 bits per heavy atom. The van der Waals surface area contributed by atoms with Crippen molar-refractivity contribution in [2.75, 3.05) is 37.5 Å². The molecule has 0 spiro atoms. The molecule has 1 aliphatic heterocycles. The van der Waals surface area contributed by atoms with Gasteiger partial charge < -0.3 is 19.7 Å². The quantitative estimate of drug-likeness (QED) is 0.435. The van der Waals surface area contributed by atoms with Crippen LogP contribution in [0.2, 0.25) is 0 Å². The van der Waals surface area contributed by atoms with Crippen molar-refractivity contribution in [3.8, 4) is 22.6 Å². The lowest BCUT2D eigenvalue weighted by Crippen LogP contribution is -2.39. The molecule has 36 heavy (non-hydrogen) atoms. The molecule has 0 aliphatic carbocycles. The first-order valence-corrected chi connectivity index (χ1v) is 12.0. The number of hydrogen-bond acceptors (Lipinski definition) is 7. The van der Waals surface area contributed by atoms with E-state index in [0.717, 1.165) is 59.9 Å². The first-order valence-electron chi connectivity index (χ1n) is 12.0. The van der Waals surface area contributed by atoms with E-state index in [1.807, 2.05) is 48.7 Å². The maximum atomic E-state index is 12.8. The zero-order valence-electron chi connectivity index (χ0n) is 21.0. The largest absolute Gasteiger partial charge is 0.493 e. The smallest absolute Gasteiger partial charge is 0.228 e. The van der Waals surface area contributed by atoms with Crippen molar-refractivity contribution in [3.63, 3.8) is 0 Å². The third-order valence-corrected chi connectivity index (χ3v) is 6.65. The van der Waals surface area contributed by atoms with Gasteiger partial charge in [0, 0.05) is 42.5 Å². The average Bonchev–Trinajstić information content (AvgIpc) is 3.23. The number of hydrogen-bond donors (Lipinski definition) is 1. The second-order valence-electron chi connectivity index (χ2n) is 8.99. The van der Waals surface area contributed by atoms with Crippen LogP contribution < -0.4 is 19.7 Å². The molecule has 0 saturated carbocycles. The van der Waals surface area contributed by atoms with Crippen LogP contribution in [0.15, 0.2) is 48.7 Å². The molecular formula is C27H30N6O3. The van der Waals surface area contributed by atoms with Gasteiger partial charge in [-0.1, -0.05) is 12.1 Å². The van der Waals surface area contributed by atoms with Crippen molar-refractivity contribution in [1.29, 1.82) is 0 Å². The number of carbonyl (C=O) groups excluding carboxylic acids is 1. The van der Waals surface area contributed by atoms with E-state index in [2.05, 4.69) is 21.3 Å². The summed E-state index contributed by atoms with van der Waals surface area (Å²) in [7, 11) is 3.26. The van der Waals surface area contributed by atoms with Gasteiger partial charge >= 0.3 is 0 Å². The standard InChI is InChI=1S/C27H30N6O3/c1-17-15-24(32-13-10-19(11-14-32)27(34)30-23-7-5-6-12-28-23)33-26(29-17)25(18(2)31-33)20-8-9-21(35-3)22(16-20)36-4/h5-9,12,15-16,19H,10-11,13-14H2,1-4H3,(H,28,30,34). The fraction of sp³-hybridized carbons (Fsp3) is 0.333. The van der Waals surface area contributed by atoms with Crippen LogP contribution >= 0.6 is 0 Å². The van der Waals surface area contributed by atoms with Crippen LogP contribution in [-0.4, -0.2) is 52.8 Å². The Bertz CT molecular complexity index is 1390. The Hall–Kier alpha value is -4.14. The molecule has 1 aromatic carbocycles. The monoisotopic (exact) mass is 486 g/mol. The molecule has 1 fully saturated rings. The Morgan fingerprint density at radius 2 is 1.81 bits per heavy atom. The average molecular weight is 487 g/mol. The van der Waals surface area contributed by atoms with Crippen LogP contribution in [0.25, 0.3) is 16.8 Å². The summed E-state index contributed by atoms with van der Waals surface area (Å²) in [5, 5.41) is 7.80. The lowest BCUT2D eigenvalue weighted by Gasteiger charge is -2.33. The molecule has 0 radical (unpaired) electrons. The van der Waals surface area contributed by atoms with E-state index in [1.54, 1.807) is 26.5 Å². The van der Waals surface area contributed by atoms with Gasteiger partial charge in [0.05, 0.1) is 19.9 Å². The number of ether oxygens (including phenoxy) is 2. The van der Waals surface area contributed by atoms with E-state index in [4.69, 9.17) is 19.6 Å². The van der Waals surface area contributed by atoms with Gasteiger partial charge in [0.2, 0.25) is 5.91 Å². The molecule has 3 aromatic heterocycles. The Labute approximate surface area is 210 Å². The van der Waals surface area contributed by atoms with E-state index in [-0.39, 0.29) is 11.8 Å². The van der Waals surface area contributed by atoms with Gasteiger partial charge in [0.25, 0.3) is 0 Å². The number of piperidine rings is 1. The number of fused-ring (bicyclic) bond motifs is 1. The summed E-state index contributed by atoms with van der Waals surface area (Å²) in [5.41, 5.74) is 4.52. The van der Waals surface area contributed by atoms with Crippen LogP contribution in [-0.2, 0) is 4.79 Å². The van der Waals surface area contributed by atoms with E-state index < -0.39 is 0 Å². The number of nitrogens with one attached hydrogen (secondary N) is 1. The molecule has 4 heterocycles. The van der Waals surface area contributed by atoms with Gasteiger partial charge in [-0.2, -0.15) is 9.61 Å². The highest BCUT2D eigenvalue weighted by Gasteiger charge is 2.28. The van der Waals surface area contributed by atoms with Crippen molar-refractivity contribution >= 4 is 23.2 Å². The first kappa shape index (κ1) is 23.6. The minimum atomic E-state index is -0.0524. The number of rotatable bonds is 6. The third-order valence-electron chi connectivity index (χ3n) is 6.65. The lowest BCUT2D eigenvalue weighted by atomic mass is 9.96. The summed E-state index contributed by atoms with van der Waals surface area (Å²) in [6.45, 7) is 5.50. The fourth-order valence-corrected chi connectivity index (χ4v) is 4.82. The van der Waals surface area contributed by atoms with Crippen LogP contribution in [0, 0.1) is 19.8 Å². The molecule has 4 aromatic rings. The molecular weight excluding hydrogens is 456 g/mol.